The third kappa shape index (κ3) is 4.59. The van der Waals surface area contributed by atoms with Crippen LogP contribution in [0.15, 0.2) is 60.9 Å². The molecule has 2 N–H and O–H groups in total. The maximum atomic E-state index is 13.6. The number of hydrogen-bond donors (Lipinski definition) is 2. The molecule has 8 heteroatoms. The first-order valence-corrected chi connectivity index (χ1v) is 10.2. The molecule has 6 nitrogen and oxygen atoms in total. The van der Waals surface area contributed by atoms with E-state index in [0.717, 1.165) is 16.5 Å². The molecule has 0 saturated carbocycles. The number of amides is 1. The van der Waals surface area contributed by atoms with E-state index in [2.05, 4.69) is 20.6 Å². The van der Waals surface area contributed by atoms with Gasteiger partial charge >= 0.3 is 0 Å². The smallest absolute Gasteiger partial charge is 0.244 e. The van der Waals surface area contributed by atoms with Gasteiger partial charge in [-0.1, -0.05) is 0 Å². The van der Waals surface area contributed by atoms with E-state index in [1.54, 1.807) is 44.7 Å². The molecule has 0 bridgehead atoms. The summed E-state index contributed by atoms with van der Waals surface area (Å²) < 4.78 is 27.1. The minimum absolute atomic E-state index is 0.0828. The van der Waals surface area contributed by atoms with Crippen molar-refractivity contribution in [3.8, 4) is 0 Å². The predicted octanol–water partition coefficient (Wildman–Crippen LogP) is 4.43. The van der Waals surface area contributed by atoms with Crippen molar-refractivity contribution in [2.75, 3.05) is 31.3 Å². The molecule has 0 unspecified atom stereocenters. The Morgan fingerprint density at radius 2 is 1.47 bits per heavy atom. The SMILES string of the molecule is CN(C)C(=O)[C@@H](CCNc1ccnc2cc(F)ccc12)Nc1ccnc2cc(F)ccc12. The highest BCUT2D eigenvalue weighted by atomic mass is 19.1. The number of anilines is 2. The van der Waals surface area contributed by atoms with Crippen molar-refractivity contribution in [1.29, 1.82) is 0 Å². The topological polar surface area (TPSA) is 70.2 Å². The molecule has 4 rings (SSSR count). The standard InChI is InChI=1S/C24H23F2N5O/c1-31(2)24(32)21(30-20-8-11-29-23-14-16(26)4-6-18(20)23)9-12-27-19-7-10-28-22-13-15(25)3-5-17(19)22/h3-8,10-11,13-14,21H,9,12H2,1-2H3,(H,27,28)(H,29,30)/t21-/m1/s1. The number of nitrogens with zero attached hydrogens (tertiary/aromatic N) is 3. The number of pyridine rings is 2. The zero-order valence-corrected chi connectivity index (χ0v) is 17.8. The quantitative estimate of drug-likeness (QED) is 0.449. The number of nitrogens with one attached hydrogen (secondary N) is 2. The summed E-state index contributed by atoms with van der Waals surface area (Å²) in [5.74, 6) is -0.787. The van der Waals surface area contributed by atoms with Crippen molar-refractivity contribution in [1.82, 2.24) is 14.9 Å². The van der Waals surface area contributed by atoms with Crippen LogP contribution in [-0.2, 0) is 4.79 Å². The van der Waals surface area contributed by atoms with Gasteiger partial charge in [0.2, 0.25) is 5.91 Å². The van der Waals surface area contributed by atoms with E-state index in [4.69, 9.17) is 0 Å². The highest BCUT2D eigenvalue weighted by Crippen LogP contribution is 2.25. The van der Waals surface area contributed by atoms with Crippen LogP contribution >= 0.6 is 0 Å². The van der Waals surface area contributed by atoms with Crippen molar-refractivity contribution in [3.63, 3.8) is 0 Å². The van der Waals surface area contributed by atoms with Crippen molar-refractivity contribution < 1.29 is 13.6 Å². The number of benzene rings is 2. The maximum Gasteiger partial charge on any atom is 0.244 e. The number of carbonyl (C=O) groups is 1. The average molecular weight is 435 g/mol. The maximum absolute atomic E-state index is 13.6. The molecular weight excluding hydrogens is 412 g/mol. The highest BCUT2D eigenvalue weighted by molar-refractivity contribution is 5.94. The minimum atomic E-state index is -0.515. The monoisotopic (exact) mass is 435 g/mol. The molecule has 0 aliphatic carbocycles. The van der Waals surface area contributed by atoms with E-state index in [-0.39, 0.29) is 17.5 Å². The van der Waals surface area contributed by atoms with E-state index >= 15 is 0 Å². The molecule has 1 atom stereocenters. The molecule has 164 valence electrons. The van der Waals surface area contributed by atoms with E-state index in [9.17, 15) is 13.6 Å². The molecule has 0 aliphatic heterocycles. The first-order valence-electron chi connectivity index (χ1n) is 10.2. The van der Waals surface area contributed by atoms with Crippen LogP contribution in [0.4, 0.5) is 20.2 Å². The second-order valence-corrected chi connectivity index (χ2v) is 7.69. The summed E-state index contributed by atoms with van der Waals surface area (Å²) in [5.41, 5.74) is 2.60. The largest absolute Gasteiger partial charge is 0.384 e. The van der Waals surface area contributed by atoms with Gasteiger partial charge in [-0.15, -0.1) is 0 Å². The van der Waals surface area contributed by atoms with Crippen LogP contribution in [0.2, 0.25) is 0 Å². The Labute approximate surface area is 184 Å². The Balaban J connectivity index is 1.53. The average Bonchev–Trinajstić information content (AvgIpc) is 2.77. The lowest BCUT2D eigenvalue weighted by Gasteiger charge is -2.24. The fraction of sp³-hybridized carbons (Fsp3) is 0.208. The van der Waals surface area contributed by atoms with Gasteiger partial charge in [0, 0.05) is 67.3 Å². The predicted molar refractivity (Wildman–Crippen MR) is 123 cm³/mol. The Hall–Kier alpha value is -3.81. The molecule has 1 amide bonds. The van der Waals surface area contributed by atoms with Crippen molar-refractivity contribution >= 4 is 39.1 Å². The molecule has 32 heavy (non-hydrogen) atoms. The molecule has 0 radical (unpaired) electrons. The molecule has 0 saturated heterocycles. The van der Waals surface area contributed by atoms with Gasteiger partial charge in [-0.2, -0.15) is 0 Å². The molecule has 2 heterocycles. The van der Waals surface area contributed by atoms with Crippen molar-refractivity contribution in [3.05, 3.63) is 72.6 Å². The molecule has 0 aliphatic rings. The van der Waals surface area contributed by atoms with Gasteiger partial charge < -0.3 is 15.5 Å². The second-order valence-electron chi connectivity index (χ2n) is 7.69. The van der Waals surface area contributed by atoms with Gasteiger partial charge in [-0.05, 0) is 42.8 Å². The Morgan fingerprint density at radius 1 is 0.906 bits per heavy atom. The summed E-state index contributed by atoms with van der Waals surface area (Å²) in [7, 11) is 3.41. The van der Waals surface area contributed by atoms with E-state index < -0.39 is 6.04 Å². The second kappa shape index (κ2) is 9.13. The van der Waals surface area contributed by atoms with Crippen LogP contribution < -0.4 is 10.6 Å². The van der Waals surface area contributed by atoms with Crippen LogP contribution in [0.5, 0.6) is 0 Å². The third-order valence-corrected chi connectivity index (χ3v) is 5.23. The van der Waals surface area contributed by atoms with E-state index in [1.165, 1.54) is 29.2 Å². The Kier molecular flexibility index (Phi) is 6.11. The number of likely N-dealkylation sites (N-methyl/N-ethyl adjacent to an activating group) is 1. The molecule has 0 spiro atoms. The first kappa shape index (κ1) is 21.4. The summed E-state index contributed by atoms with van der Waals surface area (Å²) >= 11 is 0. The number of hydrogen-bond acceptors (Lipinski definition) is 5. The van der Waals surface area contributed by atoms with Crippen LogP contribution in [0, 0.1) is 11.6 Å². The zero-order valence-electron chi connectivity index (χ0n) is 17.8. The number of halogens is 2. The summed E-state index contributed by atoms with van der Waals surface area (Å²) in [4.78, 5) is 22.8. The number of fused-ring (bicyclic) bond motifs is 2. The van der Waals surface area contributed by atoms with Crippen LogP contribution in [0.25, 0.3) is 21.8 Å². The van der Waals surface area contributed by atoms with Gasteiger partial charge in [0.15, 0.2) is 0 Å². The molecular formula is C24H23F2N5O. The molecule has 0 fully saturated rings. The normalized spacial score (nSPS) is 12.0. The van der Waals surface area contributed by atoms with Crippen LogP contribution in [0.3, 0.4) is 0 Å². The molecule has 2 aromatic heterocycles. The fourth-order valence-electron chi connectivity index (χ4n) is 3.63. The molecule has 2 aromatic carbocycles. The lowest BCUT2D eigenvalue weighted by atomic mass is 10.1. The lowest BCUT2D eigenvalue weighted by molar-refractivity contribution is -0.129. The lowest BCUT2D eigenvalue weighted by Crippen LogP contribution is -2.40. The van der Waals surface area contributed by atoms with Crippen LogP contribution in [-0.4, -0.2) is 47.5 Å². The van der Waals surface area contributed by atoms with Gasteiger partial charge in [0.05, 0.1) is 11.0 Å². The van der Waals surface area contributed by atoms with E-state index in [0.29, 0.717) is 29.7 Å². The first-order chi connectivity index (χ1) is 15.4. The van der Waals surface area contributed by atoms with Gasteiger partial charge in [-0.3, -0.25) is 14.8 Å². The fourth-order valence-corrected chi connectivity index (χ4v) is 3.63. The zero-order chi connectivity index (χ0) is 22.7. The van der Waals surface area contributed by atoms with E-state index in [1.807, 2.05) is 6.07 Å². The summed E-state index contributed by atoms with van der Waals surface area (Å²) in [6, 6.07) is 11.9. The minimum Gasteiger partial charge on any atom is -0.384 e. The Morgan fingerprint density at radius 3 is 2.06 bits per heavy atom. The number of carbonyl (C=O) groups excluding carboxylic acids is 1. The van der Waals surface area contributed by atoms with Gasteiger partial charge in [0.25, 0.3) is 0 Å². The number of aromatic nitrogens is 2. The highest BCUT2D eigenvalue weighted by Gasteiger charge is 2.21. The Bertz CT molecular complexity index is 1280. The van der Waals surface area contributed by atoms with Gasteiger partial charge in [0.1, 0.15) is 17.7 Å². The number of rotatable bonds is 7. The van der Waals surface area contributed by atoms with Crippen LogP contribution in [0.1, 0.15) is 6.42 Å². The summed E-state index contributed by atoms with van der Waals surface area (Å²) in [6.45, 7) is 0.491. The summed E-state index contributed by atoms with van der Waals surface area (Å²) in [5, 5.41) is 8.17. The molecule has 4 aromatic rings. The summed E-state index contributed by atoms with van der Waals surface area (Å²) in [6.07, 6.45) is 3.68. The van der Waals surface area contributed by atoms with Crippen molar-refractivity contribution in [2.24, 2.45) is 0 Å². The van der Waals surface area contributed by atoms with Crippen molar-refractivity contribution in [2.45, 2.75) is 12.5 Å². The third-order valence-electron chi connectivity index (χ3n) is 5.23. The van der Waals surface area contributed by atoms with Gasteiger partial charge in [-0.25, -0.2) is 8.78 Å².